The fourth-order valence-electron chi connectivity index (χ4n) is 4.43. The largest absolute Gasteiger partial charge is 0.445 e. The smallest absolute Gasteiger partial charge is 0.232 e. The van der Waals surface area contributed by atoms with Crippen molar-refractivity contribution in [1.29, 1.82) is 0 Å². The Labute approximate surface area is 167 Å². The highest BCUT2D eigenvalue weighted by molar-refractivity contribution is 7.08. The molecule has 7 nitrogen and oxygen atoms in total. The van der Waals surface area contributed by atoms with E-state index in [9.17, 15) is 4.79 Å². The van der Waals surface area contributed by atoms with Crippen LogP contribution in [0, 0.1) is 5.41 Å². The molecule has 4 aliphatic rings. The average Bonchev–Trinajstić information content (AvgIpc) is 3.08. The van der Waals surface area contributed by atoms with Gasteiger partial charge in [-0.15, -0.1) is 0 Å². The molecular formula is C20H23N3O4S. The second-order valence-corrected chi connectivity index (χ2v) is 8.65. The molecule has 1 saturated heterocycles. The number of rotatable bonds is 6. The van der Waals surface area contributed by atoms with E-state index in [4.69, 9.17) is 14.2 Å². The van der Waals surface area contributed by atoms with E-state index < -0.39 is 0 Å². The molecule has 0 unspecified atom stereocenters. The van der Waals surface area contributed by atoms with Crippen molar-refractivity contribution in [3.05, 3.63) is 30.3 Å². The zero-order chi connectivity index (χ0) is 19.2. The third-order valence-electron chi connectivity index (χ3n) is 6.06. The lowest BCUT2D eigenvalue weighted by molar-refractivity contribution is -0.260. The van der Waals surface area contributed by atoms with Crippen LogP contribution in [0.5, 0.6) is 10.8 Å². The van der Waals surface area contributed by atoms with E-state index in [2.05, 4.69) is 26.7 Å². The summed E-state index contributed by atoms with van der Waals surface area (Å²) >= 11 is 1.23. The van der Waals surface area contributed by atoms with E-state index in [-0.39, 0.29) is 16.9 Å². The molecule has 1 N–H and O–H groups in total. The molecule has 2 bridgehead atoms. The molecule has 2 heterocycles. The van der Waals surface area contributed by atoms with Gasteiger partial charge < -0.3 is 24.4 Å². The van der Waals surface area contributed by atoms with Crippen LogP contribution in [0.1, 0.15) is 19.3 Å². The first-order valence-electron chi connectivity index (χ1n) is 9.54. The number of methoxy groups -OCH3 is 1. The minimum absolute atomic E-state index is 0.0399. The molecule has 28 heavy (non-hydrogen) atoms. The summed E-state index contributed by atoms with van der Waals surface area (Å²) < 4.78 is 21.0. The third-order valence-corrected chi connectivity index (χ3v) is 6.73. The van der Waals surface area contributed by atoms with Crippen molar-refractivity contribution in [3.8, 4) is 10.8 Å². The van der Waals surface area contributed by atoms with E-state index in [1.165, 1.54) is 17.2 Å². The van der Waals surface area contributed by atoms with Crippen LogP contribution in [0.2, 0.25) is 0 Å². The van der Waals surface area contributed by atoms with Crippen LogP contribution in [0.15, 0.2) is 30.3 Å². The summed E-state index contributed by atoms with van der Waals surface area (Å²) in [6.45, 7) is 3.35. The number of carbonyl (C=O) groups excluding carboxylic acids is 1. The highest BCUT2D eigenvalue weighted by Gasteiger charge is 2.72. The van der Waals surface area contributed by atoms with Crippen LogP contribution in [0.3, 0.4) is 0 Å². The summed E-state index contributed by atoms with van der Waals surface area (Å²) in [5, 5.41) is 3.58. The zero-order valence-electron chi connectivity index (χ0n) is 15.8. The summed E-state index contributed by atoms with van der Waals surface area (Å²) in [5.74, 6) is 1.34. The summed E-state index contributed by atoms with van der Waals surface area (Å²) in [7, 11) is 1.72. The first-order valence-corrected chi connectivity index (χ1v) is 10.3. The van der Waals surface area contributed by atoms with Gasteiger partial charge in [0.25, 0.3) is 0 Å². The van der Waals surface area contributed by atoms with Crippen molar-refractivity contribution in [2.75, 3.05) is 43.6 Å². The molecule has 0 spiro atoms. The predicted octanol–water partition coefficient (Wildman–Crippen LogP) is 3.28. The number of amides is 1. The number of anilines is 2. The number of hydrogen-bond donors (Lipinski definition) is 1. The zero-order valence-corrected chi connectivity index (χ0v) is 16.6. The summed E-state index contributed by atoms with van der Waals surface area (Å²) in [6, 6.07) is 9.79. The van der Waals surface area contributed by atoms with Gasteiger partial charge in [0.05, 0.1) is 24.2 Å². The van der Waals surface area contributed by atoms with Gasteiger partial charge in [0, 0.05) is 43.5 Å². The van der Waals surface area contributed by atoms with Gasteiger partial charge in [0.2, 0.25) is 11.0 Å². The van der Waals surface area contributed by atoms with Gasteiger partial charge in [-0.2, -0.15) is 4.37 Å². The molecule has 1 amide bonds. The minimum atomic E-state index is -0.254. The quantitative estimate of drug-likeness (QED) is 0.801. The topological polar surface area (TPSA) is 72.9 Å². The lowest BCUT2D eigenvalue weighted by Crippen LogP contribution is -2.72. The van der Waals surface area contributed by atoms with E-state index in [0.29, 0.717) is 10.9 Å². The van der Waals surface area contributed by atoms with Crippen LogP contribution < -0.4 is 15.0 Å². The molecule has 2 aromatic rings. The Hall–Kier alpha value is -2.16. The van der Waals surface area contributed by atoms with Crippen molar-refractivity contribution in [1.82, 2.24) is 4.37 Å². The molecule has 3 aliphatic carbocycles. The van der Waals surface area contributed by atoms with Crippen molar-refractivity contribution in [3.63, 3.8) is 0 Å². The predicted molar refractivity (Wildman–Crippen MR) is 106 cm³/mol. The summed E-state index contributed by atoms with van der Waals surface area (Å²) in [4.78, 5) is 14.8. The number of ether oxygens (including phenoxy) is 3. The van der Waals surface area contributed by atoms with Crippen LogP contribution >= 0.6 is 11.5 Å². The fraction of sp³-hybridized carbons (Fsp3) is 0.500. The number of nitrogens with zero attached hydrogens (tertiary/aromatic N) is 2. The molecule has 1 aliphatic heterocycles. The van der Waals surface area contributed by atoms with Crippen molar-refractivity contribution in [2.45, 2.75) is 24.9 Å². The SMILES string of the molecule is COC12CC(C(=O)Nc3cc(Oc4ccc(N5CCOCC5)cc4)sn3)(C1)C2. The Morgan fingerprint density at radius 3 is 2.61 bits per heavy atom. The van der Waals surface area contributed by atoms with Gasteiger partial charge in [-0.3, -0.25) is 4.79 Å². The lowest BCUT2D eigenvalue weighted by atomic mass is 9.40. The molecule has 1 aromatic carbocycles. The van der Waals surface area contributed by atoms with E-state index >= 15 is 0 Å². The van der Waals surface area contributed by atoms with E-state index in [1.807, 2.05) is 12.1 Å². The molecule has 8 heteroatoms. The first-order chi connectivity index (χ1) is 13.6. The molecule has 6 rings (SSSR count). The van der Waals surface area contributed by atoms with Crippen LogP contribution in [-0.4, -0.2) is 49.3 Å². The maximum absolute atomic E-state index is 12.5. The van der Waals surface area contributed by atoms with Gasteiger partial charge in [-0.1, -0.05) is 0 Å². The van der Waals surface area contributed by atoms with Crippen LogP contribution in [-0.2, 0) is 14.3 Å². The maximum atomic E-state index is 12.5. The number of morpholine rings is 1. The second-order valence-electron chi connectivity index (χ2n) is 7.88. The van der Waals surface area contributed by atoms with Crippen molar-refractivity contribution >= 4 is 28.9 Å². The molecule has 1 aromatic heterocycles. The van der Waals surface area contributed by atoms with Crippen LogP contribution in [0.25, 0.3) is 0 Å². The molecule has 3 saturated carbocycles. The number of nitrogens with one attached hydrogen (secondary N) is 1. The van der Waals surface area contributed by atoms with E-state index in [1.54, 1.807) is 13.2 Å². The Balaban J connectivity index is 1.17. The van der Waals surface area contributed by atoms with Gasteiger partial charge in [0.1, 0.15) is 11.6 Å². The summed E-state index contributed by atoms with van der Waals surface area (Å²) in [5.41, 5.74) is 0.872. The molecule has 0 atom stereocenters. The fourth-order valence-corrected chi connectivity index (χ4v) is 5.01. The molecule has 148 valence electrons. The average molecular weight is 401 g/mol. The number of aromatic nitrogens is 1. The Kier molecular flexibility index (Phi) is 4.30. The highest BCUT2D eigenvalue weighted by atomic mass is 32.1. The molecular weight excluding hydrogens is 378 g/mol. The number of carbonyl (C=O) groups is 1. The maximum Gasteiger partial charge on any atom is 0.232 e. The van der Waals surface area contributed by atoms with Crippen molar-refractivity contribution < 1.29 is 19.0 Å². The van der Waals surface area contributed by atoms with Gasteiger partial charge in [0.15, 0.2) is 0 Å². The number of hydrogen-bond acceptors (Lipinski definition) is 7. The summed E-state index contributed by atoms with van der Waals surface area (Å²) in [6.07, 6.45) is 2.43. The lowest BCUT2D eigenvalue weighted by Gasteiger charge is -2.67. The molecule has 4 fully saturated rings. The van der Waals surface area contributed by atoms with Gasteiger partial charge in [-0.05, 0) is 43.5 Å². The Morgan fingerprint density at radius 1 is 1.21 bits per heavy atom. The Bertz CT molecular complexity index is 856. The highest BCUT2D eigenvalue weighted by Crippen LogP contribution is 2.69. The van der Waals surface area contributed by atoms with Gasteiger partial charge >= 0.3 is 0 Å². The second kappa shape index (κ2) is 6.72. The van der Waals surface area contributed by atoms with Crippen LogP contribution in [0.4, 0.5) is 11.5 Å². The Morgan fingerprint density at radius 2 is 1.93 bits per heavy atom. The first kappa shape index (κ1) is 17.9. The molecule has 0 radical (unpaired) electrons. The van der Waals surface area contributed by atoms with E-state index in [0.717, 1.165) is 51.3 Å². The normalized spacial score (nSPS) is 28.2. The van der Waals surface area contributed by atoms with Crippen molar-refractivity contribution in [2.24, 2.45) is 5.41 Å². The van der Waals surface area contributed by atoms with Gasteiger partial charge in [-0.25, -0.2) is 0 Å². The monoisotopic (exact) mass is 401 g/mol. The number of benzene rings is 1. The minimum Gasteiger partial charge on any atom is -0.445 e. The third kappa shape index (κ3) is 3.05. The standard InChI is InChI=1S/C20H23N3O4S/c1-25-20-11-19(12-20,13-20)18(24)21-16-10-17(28-22-16)27-15-4-2-14(3-5-15)23-6-8-26-9-7-23/h2-5,10H,6-9,11-13H2,1H3,(H,21,22,24).